The molecule has 0 spiro atoms. The van der Waals surface area contributed by atoms with Crippen LogP contribution in [-0.2, 0) is 44.6 Å². The molecule has 3 saturated heterocycles. The summed E-state index contributed by atoms with van der Waals surface area (Å²) in [5.41, 5.74) is -1.05. The molecule has 0 aliphatic carbocycles. The Morgan fingerprint density at radius 2 is 1.67 bits per heavy atom. The maximum atomic E-state index is 14.8. The number of carbonyl (C=O) groups excluding carboxylic acids is 4. The third-order valence-corrected chi connectivity index (χ3v) is 13.2. The number of aliphatic hydroxyl groups excluding tert-OH is 1. The van der Waals surface area contributed by atoms with E-state index in [0.717, 1.165) is 11.3 Å². The lowest BCUT2D eigenvalue weighted by Crippen LogP contribution is -2.60. The van der Waals surface area contributed by atoms with Crippen LogP contribution in [0.5, 0.6) is 5.88 Å². The zero-order chi connectivity index (χ0) is 45.0. The van der Waals surface area contributed by atoms with E-state index in [2.05, 4.69) is 9.97 Å². The second kappa shape index (κ2) is 20.0. The fourth-order valence-corrected chi connectivity index (χ4v) is 9.68. The van der Waals surface area contributed by atoms with Crippen LogP contribution < -0.4 is 4.74 Å². The first-order chi connectivity index (χ1) is 28.8. The van der Waals surface area contributed by atoms with Gasteiger partial charge in [0, 0.05) is 68.0 Å². The number of hydrogen-bond acceptors (Lipinski definition) is 14. The van der Waals surface area contributed by atoms with Gasteiger partial charge in [-0.25, -0.2) is 14.8 Å². The van der Waals surface area contributed by atoms with Crippen LogP contribution in [0.25, 0.3) is 11.3 Å². The van der Waals surface area contributed by atoms with Gasteiger partial charge >= 0.3 is 12.1 Å². The highest BCUT2D eigenvalue weighted by Crippen LogP contribution is 2.43. The molecule has 2 aromatic rings. The predicted molar refractivity (Wildman–Crippen MR) is 225 cm³/mol. The van der Waals surface area contributed by atoms with E-state index in [9.17, 15) is 24.3 Å². The number of rotatable bonds is 13. The molecular formula is C45H69N5O11. The highest BCUT2D eigenvalue weighted by molar-refractivity contribution is 6.00. The Morgan fingerprint density at radius 3 is 2.30 bits per heavy atom. The molecule has 16 nitrogen and oxygen atoms in total. The molecular weight excluding hydrogens is 787 g/mol. The Morgan fingerprint density at radius 1 is 0.967 bits per heavy atom. The number of Topliss-reactive ketones (excluding diaryl/α,β-unsaturated/α-hetero) is 2. The van der Waals surface area contributed by atoms with E-state index in [-0.39, 0.29) is 37.3 Å². The van der Waals surface area contributed by atoms with Gasteiger partial charge in [-0.15, -0.1) is 0 Å². The van der Waals surface area contributed by atoms with Crippen molar-refractivity contribution < 1.29 is 52.7 Å². The summed E-state index contributed by atoms with van der Waals surface area (Å²) in [6.07, 6.45) is 2.59. The summed E-state index contributed by atoms with van der Waals surface area (Å²) >= 11 is 0. The molecule has 1 amide bonds. The molecule has 340 valence electrons. The summed E-state index contributed by atoms with van der Waals surface area (Å²) in [7, 11) is 5.24. The topological polar surface area (TPSA) is 181 Å². The lowest BCUT2D eigenvalue weighted by atomic mass is 9.73. The van der Waals surface area contributed by atoms with Crippen molar-refractivity contribution in [1.82, 2.24) is 24.3 Å². The number of nitrogens with zero attached hydrogens (tertiary/aromatic N) is 5. The van der Waals surface area contributed by atoms with E-state index in [0.29, 0.717) is 38.3 Å². The van der Waals surface area contributed by atoms with Gasteiger partial charge in [0.05, 0.1) is 42.5 Å². The van der Waals surface area contributed by atoms with E-state index < -0.39 is 83.4 Å². The molecule has 3 aliphatic rings. The van der Waals surface area contributed by atoms with Crippen LogP contribution in [0.15, 0.2) is 30.9 Å². The number of ether oxygens (including phenoxy) is 6. The Balaban J connectivity index is 1.40. The quantitative estimate of drug-likeness (QED) is 0.155. The zero-order valence-electron chi connectivity index (χ0n) is 38.2. The second-order valence-electron chi connectivity index (χ2n) is 17.9. The number of fused-ring (bicyclic) bond motifs is 1. The summed E-state index contributed by atoms with van der Waals surface area (Å²) < 4.78 is 38.7. The van der Waals surface area contributed by atoms with Crippen LogP contribution in [0.4, 0.5) is 4.79 Å². The zero-order valence-corrected chi connectivity index (χ0v) is 38.2. The minimum absolute atomic E-state index is 0.123. The van der Waals surface area contributed by atoms with Gasteiger partial charge in [0.25, 0.3) is 0 Å². The van der Waals surface area contributed by atoms with Crippen molar-refractivity contribution in [3.63, 3.8) is 0 Å². The van der Waals surface area contributed by atoms with Crippen molar-refractivity contribution in [2.24, 2.45) is 23.7 Å². The Hall–Kier alpha value is -3.96. The number of ketones is 2. The van der Waals surface area contributed by atoms with Crippen LogP contribution in [0.3, 0.4) is 0 Å². The molecule has 13 atom stereocenters. The summed E-state index contributed by atoms with van der Waals surface area (Å²) in [6.45, 7) is 17.3. The average molecular weight is 856 g/mol. The molecule has 3 fully saturated rings. The fraction of sp³-hybridized carbons (Fsp3) is 0.733. The van der Waals surface area contributed by atoms with Gasteiger partial charge in [0.15, 0.2) is 17.7 Å². The average Bonchev–Trinajstić information content (AvgIpc) is 3.81. The number of imidazole rings is 1. The SMILES string of the molecule is CCOc1ccc(-c2cn(CCCCN3C(=O)O[C@]4(C)[C@H](CC)OC(=O)[C@H](C)C(=O)[C@H](C)C(OC5O[C@H](C)C[C@H](N(C)C)[C@H]5O)[C@@](C)(OC)C[C@@H](C)C(=O)[C@@H](C)[C@@H]34)cn2)cn1. The van der Waals surface area contributed by atoms with E-state index in [1.54, 1.807) is 45.1 Å². The summed E-state index contributed by atoms with van der Waals surface area (Å²) in [5, 5.41) is 11.5. The minimum Gasteiger partial charge on any atom is -0.478 e. The monoisotopic (exact) mass is 855 g/mol. The number of hydrogen-bond donors (Lipinski definition) is 1. The van der Waals surface area contributed by atoms with Crippen LogP contribution in [0.1, 0.15) is 94.4 Å². The van der Waals surface area contributed by atoms with Gasteiger partial charge in [0.1, 0.15) is 23.9 Å². The van der Waals surface area contributed by atoms with Crippen LogP contribution in [0.2, 0.25) is 0 Å². The number of unbranched alkanes of at least 4 members (excludes halogenated alkanes) is 1. The molecule has 5 heterocycles. The fourth-order valence-electron chi connectivity index (χ4n) is 9.68. The molecule has 3 aliphatic heterocycles. The first-order valence-corrected chi connectivity index (χ1v) is 21.9. The summed E-state index contributed by atoms with van der Waals surface area (Å²) in [6, 6.07) is 2.64. The number of cyclic esters (lactones) is 1. The van der Waals surface area contributed by atoms with Gasteiger partial charge in [-0.3, -0.25) is 14.4 Å². The van der Waals surface area contributed by atoms with E-state index in [1.807, 2.05) is 69.6 Å². The number of pyridine rings is 1. The Bertz CT molecular complexity index is 1820. The first kappa shape index (κ1) is 48.1. The molecule has 1 N–H and O–H groups in total. The van der Waals surface area contributed by atoms with Crippen molar-refractivity contribution in [2.45, 2.75) is 155 Å². The largest absolute Gasteiger partial charge is 0.478 e. The first-order valence-electron chi connectivity index (χ1n) is 21.9. The minimum atomic E-state index is -1.41. The summed E-state index contributed by atoms with van der Waals surface area (Å²) in [4.78, 5) is 69.4. The van der Waals surface area contributed by atoms with Crippen molar-refractivity contribution in [3.8, 4) is 17.1 Å². The highest BCUT2D eigenvalue weighted by Gasteiger charge is 2.60. The number of methoxy groups -OCH3 is 1. The smallest absolute Gasteiger partial charge is 0.410 e. The molecule has 2 aromatic heterocycles. The number of likely N-dealkylation sites (N-methyl/N-ethyl adjacent to an activating group) is 1. The van der Waals surface area contributed by atoms with Crippen molar-refractivity contribution >= 4 is 23.6 Å². The third kappa shape index (κ3) is 10.3. The number of aliphatic hydroxyl groups is 1. The normalized spacial score (nSPS) is 35.4. The highest BCUT2D eigenvalue weighted by atomic mass is 16.7. The molecule has 0 bridgehead atoms. The maximum Gasteiger partial charge on any atom is 0.410 e. The number of esters is 1. The Kier molecular flexibility index (Phi) is 15.8. The number of carbonyl (C=O) groups is 4. The van der Waals surface area contributed by atoms with Gasteiger partial charge in [-0.1, -0.05) is 27.7 Å². The Labute approximate surface area is 360 Å². The molecule has 0 aromatic carbocycles. The predicted octanol–water partition coefficient (Wildman–Crippen LogP) is 5.33. The van der Waals surface area contributed by atoms with Crippen LogP contribution in [0, 0.1) is 23.7 Å². The molecule has 2 unspecified atom stereocenters. The van der Waals surface area contributed by atoms with Crippen molar-refractivity contribution in [1.29, 1.82) is 0 Å². The third-order valence-electron chi connectivity index (χ3n) is 13.2. The van der Waals surface area contributed by atoms with Gasteiger partial charge in [0.2, 0.25) is 5.88 Å². The number of aromatic nitrogens is 3. The van der Waals surface area contributed by atoms with Crippen LogP contribution in [-0.4, -0.2) is 141 Å². The van der Waals surface area contributed by atoms with E-state index >= 15 is 0 Å². The van der Waals surface area contributed by atoms with Crippen molar-refractivity contribution in [2.75, 3.05) is 34.4 Å². The van der Waals surface area contributed by atoms with E-state index in [4.69, 9.17) is 28.4 Å². The number of amides is 1. The van der Waals surface area contributed by atoms with E-state index in [1.165, 1.54) is 14.0 Å². The molecule has 5 rings (SSSR count). The van der Waals surface area contributed by atoms with Gasteiger partial charge < -0.3 is 47.9 Å². The number of aryl methyl sites for hydroxylation is 1. The molecule has 0 saturated carbocycles. The molecule has 16 heteroatoms. The maximum absolute atomic E-state index is 14.8. The van der Waals surface area contributed by atoms with Crippen LogP contribution >= 0.6 is 0 Å². The van der Waals surface area contributed by atoms with Gasteiger partial charge in [-0.05, 0) is 86.9 Å². The van der Waals surface area contributed by atoms with Gasteiger partial charge in [-0.2, -0.15) is 0 Å². The molecule has 61 heavy (non-hydrogen) atoms. The molecule has 0 radical (unpaired) electrons. The lowest BCUT2D eigenvalue weighted by Gasteiger charge is -2.47. The second-order valence-corrected chi connectivity index (χ2v) is 17.9. The van der Waals surface area contributed by atoms with Crippen molar-refractivity contribution in [3.05, 3.63) is 30.9 Å². The summed E-state index contributed by atoms with van der Waals surface area (Å²) in [5.74, 6) is -4.45. The standard InChI is InChI=1S/C45H69N5O11/c1-13-34-45(9)39(50(43(55)61-45)20-16-15-19-49-24-32(47-25-49)31-17-18-35(46-23-31)57-14-2)28(5)36(51)26(3)22-44(8,56-12)40(29(6)37(52)30(7)41(54)59-34)60-42-38(53)33(48(10)11)21-27(4)58-42/h17-18,23-30,33-34,38-40,42,53H,13-16,19-22H2,1-12H3/t26-,27-,28-,29+,30-,33+,34+,38-,39-,40?,42?,44+,45-/m1/s1. The lowest BCUT2D eigenvalue weighted by molar-refractivity contribution is -0.295.